The Bertz CT molecular complexity index is 5790. The van der Waals surface area contributed by atoms with Gasteiger partial charge >= 0.3 is 0 Å². The Hall–Kier alpha value is -12.1. The number of aryl methyl sites for hydroxylation is 4. The van der Waals surface area contributed by atoms with Crippen LogP contribution in [0.2, 0.25) is 0 Å². The summed E-state index contributed by atoms with van der Waals surface area (Å²) in [5.74, 6) is 5.17. The fraction of sp³-hybridized carbons (Fsp3) is 0.333. The molecule has 4 aliphatic rings. The number of nitrogens with one attached hydrogen (secondary N) is 8. The number of nitrogens with two attached hydrogens (primary N) is 4. The Labute approximate surface area is 687 Å². The fourth-order valence-electron chi connectivity index (χ4n) is 15.6. The molecule has 28 heteroatoms. The van der Waals surface area contributed by atoms with Gasteiger partial charge in [-0.05, 0) is 148 Å². The molecule has 0 bridgehead atoms. The number of anilines is 4. The molecule has 0 spiro atoms. The number of H-pyrrole nitrogens is 8. The van der Waals surface area contributed by atoms with Crippen molar-refractivity contribution in [2.45, 2.75) is 70.2 Å². The van der Waals surface area contributed by atoms with Crippen LogP contribution in [-0.2, 0) is 31.8 Å². The Balaban J connectivity index is 0.000000135. The van der Waals surface area contributed by atoms with Crippen LogP contribution < -0.4 is 22.9 Å². The molecule has 0 aliphatic carbocycles. The van der Waals surface area contributed by atoms with Crippen molar-refractivity contribution < 1.29 is 18.9 Å². The maximum atomic E-state index is 6.01. The lowest BCUT2D eigenvalue weighted by molar-refractivity contribution is 0.0384. The highest BCUT2D eigenvalue weighted by Crippen LogP contribution is 2.36. The minimum atomic E-state index is 0. The van der Waals surface area contributed by atoms with Crippen molar-refractivity contribution in [3.05, 3.63) is 179 Å². The van der Waals surface area contributed by atoms with Crippen LogP contribution in [0.5, 0.6) is 0 Å². The largest absolute Gasteiger partial charge is 0.384 e. The zero-order chi connectivity index (χ0) is 77.8. The summed E-state index contributed by atoms with van der Waals surface area (Å²) in [6.07, 6.45) is 10.9. The second-order valence-corrected chi connectivity index (χ2v) is 29.8. The predicted molar refractivity (Wildman–Crippen MR) is 483 cm³/mol. The number of benzene rings is 4. The number of rotatable bonds is 16. The number of hydrogen-bond acceptors (Lipinski definition) is 20. The van der Waals surface area contributed by atoms with E-state index in [4.69, 9.17) is 41.9 Å². The van der Waals surface area contributed by atoms with E-state index in [1.807, 2.05) is 52.0 Å². The van der Waals surface area contributed by atoms with Crippen molar-refractivity contribution in [2.24, 2.45) is 0 Å². The third kappa shape index (κ3) is 19.4. The molecule has 20 rings (SSSR count). The lowest BCUT2D eigenvalue weighted by Crippen LogP contribution is -2.37. The molecule has 4 fully saturated rings. The van der Waals surface area contributed by atoms with Crippen LogP contribution in [0.3, 0.4) is 0 Å². The molecular formula is C90H112N24O4. The molecule has 616 valence electrons. The summed E-state index contributed by atoms with van der Waals surface area (Å²) in [5.41, 5.74) is 47.7. The zero-order valence-electron chi connectivity index (χ0n) is 64.7. The molecule has 4 aromatic carbocycles. The Morgan fingerprint density at radius 2 is 0.619 bits per heavy atom. The van der Waals surface area contributed by atoms with Crippen LogP contribution in [0, 0.1) is 27.7 Å². The van der Waals surface area contributed by atoms with E-state index >= 15 is 0 Å². The second-order valence-electron chi connectivity index (χ2n) is 29.8. The number of fused-ring (bicyclic) bond motifs is 8. The third-order valence-electron chi connectivity index (χ3n) is 21.4. The summed E-state index contributed by atoms with van der Waals surface area (Å²) in [5, 5.41) is 4.71. The number of hydrogen-bond donors (Lipinski definition) is 12. The number of aromatic amines is 8. The molecule has 0 atom stereocenters. The SMILES string of the molecule is C.C.C.C.Cc1nc2nc(N)cc(-c3cc4cc(/C=C/CN5CCOCC5)ccc4[nH]3)c2[nH]1.Cc1nc2nc(N)cc(-c3cc4cc(CCN5CCOCC5)ccc4[nH]3)c2[nH]1.Cc1nc2nc(N)cc(-c3cc4ccc(/C=C/CN5CCOCC5)cc4[nH]3)c2[nH]1.Cc1nc2nc(N)cc(-c3cc4ccc(CCN5CCOCC5)cc4[nH]3)c2[nH]1. The van der Waals surface area contributed by atoms with E-state index < -0.39 is 0 Å². The van der Waals surface area contributed by atoms with Crippen molar-refractivity contribution in [1.29, 1.82) is 0 Å². The van der Waals surface area contributed by atoms with Gasteiger partial charge in [-0.3, -0.25) is 19.6 Å². The van der Waals surface area contributed by atoms with Crippen LogP contribution >= 0.6 is 0 Å². The number of pyridine rings is 4. The van der Waals surface area contributed by atoms with Crippen molar-refractivity contribution >= 4 is 124 Å². The molecular weight excluding hydrogens is 1480 g/mol. The summed E-state index contributed by atoms with van der Waals surface area (Å²) in [4.78, 5) is 72.0. The van der Waals surface area contributed by atoms with E-state index in [1.54, 1.807) is 0 Å². The highest BCUT2D eigenvalue weighted by atomic mass is 16.5. The average molecular weight is 1590 g/mol. The summed E-state index contributed by atoms with van der Waals surface area (Å²) < 4.78 is 21.7. The monoisotopic (exact) mass is 1590 g/mol. The quantitative estimate of drug-likeness (QED) is 0.0427. The number of aromatic nitrogens is 16. The normalized spacial score (nSPS) is 15.2. The Morgan fingerprint density at radius 1 is 0.314 bits per heavy atom. The molecule has 12 aromatic heterocycles. The van der Waals surface area contributed by atoms with E-state index in [-0.39, 0.29) is 29.7 Å². The Morgan fingerprint density at radius 3 is 1.02 bits per heavy atom. The number of morpholine rings is 4. The van der Waals surface area contributed by atoms with Gasteiger partial charge in [-0.1, -0.05) is 90.4 Å². The van der Waals surface area contributed by atoms with E-state index in [0.717, 1.165) is 267 Å². The lowest BCUT2D eigenvalue weighted by atomic mass is 10.1. The first kappa shape index (κ1) is 83.8. The standard InChI is InChI=1S/2C22H24N6O.2C21H24N6O.4CH4/c1-14-24-21-17(13-20(23)27-22(21)25-14)19-12-16-11-15(4-5-18(16)26-19)3-2-6-28-7-9-29-10-8-28;1-14-24-21-17(13-20(23)27-22(21)25-14)19-12-16-5-4-15(11-18(16)26-19)3-2-6-28-7-9-29-10-8-28;1-13-23-20-16(12-19(22)26-21(20)24-13)18-11-15-10-14(2-3-17(15)25-18)4-5-27-6-8-28-9-7-27;1-13-23-20-16(12-19(22)26-21(20)24-13)18-11-15-3-2-14(10-17(15)25-18)4-5-27-6-8-28-9-7-27;;;;/h2*2-5,11-13,26H,6-10H2,1H3,(H3,23,24,25,27);2*2-3,10-12,25H,4-9H2,1H3,(H3,22,23,24,26);4*1H4/b2*3-2+;;;;;;. The Kier molecular flexibility index (Phi) is 26.6. The molecule has 16 heterocycles. The first-order valence-electron chi connectivity index (χ1n) is 39.2. The first-order chi connectivity index (χ1) is 55.6. The summed E-state index contributed by atoms with van der Waals surface area (Å²) in [6.45, 7) is 26.5. The van der Waals surface area contributed by atoms with Gasteiger partial charge in [-0.25, -0.2) is 39.9 Å². The third-order valence-corrected chi connectivity index (χ3v) is 21.4. The van der Waals surface area contributed by atoms with Gasteiger partial charge in [0.15, 0.2) is 22.6 Å². The molecule has 28 nitrogen and oxygen atoms in total. The molecule has 0 saturated carbocycles. The summed E-state index contributed by atoms with van der Waals surface area (Å²) in [6, 6.07) is 42.4. The van der Waals surface area contributed by atoms with Crippen LogP contribution in [-0.4, -0.2) is 231 Å². The van der Waals surface area contributed by atoms with E-state index in [0.29, 0.717) is 45.9 Å². The maximum Gasteiger partial charge on any atom is 0.180 e. The second kappa shape index (κ2) is 37.4. The maximum absolute atomic E-state index is 6.01. The van der Waals surface area contributed by atoms with E-state index in [1.165, 1.54) is 33.0 Å². The molecule has 118 heavy (non-hydrogen) atoms. The van der Waals surface area contributed by atoms with Crippen LogP contribution in [0.1, 0.15) is 75.3 Å². The zero-order valence-corrected chi connectivity index (χ0v) is 64.7. The minimum absolute atomic E-state index is 0. The highest BCUT2D eigenvalue weighted by Gasteiger charge is 2.21. The minimum Gasteiger partial charge on any atom is -0.384 e. The smallest absolute Gasteiger partial charge is 0.180 e. The molecule has 0 amide bonds. The molecule has 4 saturated heterocycles. The number of nitrogens with zero attached hydrogens (tertiary/aromatic N) is 12. The fourth-order valence-corrected chi connectivity index (χ4v) is 15.6. The van der Waals surface area contributed by atoms with Gasteiger partial charge in [0.2, 0.25) is 0 Å². The molecule has 0 unspecified atom stereocenters. The van der Waals surface area contributed by atoms with Gasteiger partial charge in [0, 0.05) is 167 Å². The van der Waals surface area contributed by atoms with Crippen LogP contribution in [0.4, 0.5) is 23.3 Å². The number of nitrogen functional groups attached to an aromatic ring is 4. The summed E-state index contributed by atoms with van der Waals surface area (Å²) in [7, 11) is 0. The van der Waals surface area contributed by atoms with Crippen molar-refractivity contribution in [2.75, 3.05) is 154 Å². The van der Waals surface area contributed by atoms with Gasteiger partial charge in [0.1, 0.15) is 46.6 Å². The van der Waals surface area contributed by atoms with Crippen molar-refractivity contribution in [3.8, 4) is 45.0 Å². The topological polar surface area (TPSA) is 383 Å². The molecule has 4 aliphatic heterocycles. The van der Waals surface area contributed by atoms with Crippen molar-refractivity contribution in [3.63, 3.8) is 0 Å². The molecule has 16 N–H and O–H groups in total. The first-order valence-corrected chi connectivity index (χ1v) is 39.2. The van der Waals surface area contributed by atoms with Crippen LogP contribution in [0.15, 0.2) is 133 Å². The van der Waals surface area contributed by atoms with E-state index in [2.05, 4.69) is 221 Å². The van der Waals surface area contributed by atoms with Gasteiger partial charge < -0.3 is 81.8 Å². The number of ether oxygens (including phenoxy) is 4. The number of imidazole rings is 4. The van der Waals surface area contributed by atoms with Gasteiger partial charge in [0.05, 0.1) is 74.9 Å². The van der Waals surface area contributed by atoms with Gasteiger partial charge in [-0.2, -0.15) is 0 Å². The van der Waals surface area contributed by atoms with E-state index in [9.17, 15) is 0 Å². The summed E-state index contributed by atoms with van der Waals surface area (Å²) >= 11 is 0. The highest BCUT2D eigenvalue weighted by molar-refractivity contribution is 5.99. The predicted octanol–water partition coefficient (Wildman–Crippen LogP) is 15.0. The lowest BCUT2D eigenvalue weighted by Gasteiger charge is -2.26. The molecule has 16 aromatic rings. The average Bonchev–Trinajstić information content (AvgIpc) is 1.64. The van der Waals surface area contributed by atoms with Gasteiger partial charge in [0.25, 0.3) is 0 Å². The van der Waals surface area contributed by atoms with Gasteiger partial charge in [-0.15, -0.1) is 0 Å². The van der Waals surface area contributed by atoms with Crippen LogP contribution in [0.25, 0.3) is 145 Å². The van der Waals surface area contributed by atoms with Crippen molar-refractivity contribution in [1.82, 2.24) is 99.3 Å². The molecule has 0 radical (unpaired) electrons.